The highest BCUT2D eigenvalue weighted by atomic mass is 32.2. The van der Waals surface area contributed by atoms with E-state index in [1.807, 2.05) is 47.6 Å². The zero-order chi connectivity index (χ0) is 22.8. The number of benzene rings is 2. The molecule has 3 heterocycles. The summed E-state index contributed by atoms with van der Waals surface area (Å²) in [6, 6.07) is 16.3. The Hall–Kier alpha value is -2.97. The fraction of sp³-hybridized carbons (Fsp3) is 0.360. The van der Waals surface area contributed by atoms with Gasteiger partial charge in [-0.3, -0.25) is 9.69 Å². The Balaban J connectivity index is 1.58. The maximum Gasteiger partial charge on any atom is 0.253 e. The van der Waals surface area contributed by atoms with E-state index in [2.05, 4.69) is 56.6 Å². The molecule has 8 heteroatoms. The van der Waals surface area contributed by atoms with Gasteiger partial charge in [-0.25, -0.2) is 4.68 Å². The van der Waals surface area contributed by atoms with Gasteiger partial charge in [0.05, 0.1) is 5.52 Å². The lowest BCUT2D eigenvalue weighted by Crippen LogP contribution is -2.40. The Morgan fingerprint density at radius 2 is 1.88 bits per heavy atom. The van der Waals surface area contributed by atoms with Crippen molar-refractivity contribution >= 4 is 22.7 Å². The Labute approximate surface area is 197 Å². The van der Waals surface area contributed by atoms with Crippen molar-refractivity contribution in [1.82, 2.24) is 30.1 Å². The molecule has 1 atom stereocenters. The predicted octanol–water partition coefficient (Wildman–Crippen LogP) is 3.51. The third-order valence-corrected chi connectivity index (χ3v) is 7.23. The number of aromatic amines is 1. The molecule has 1 saturated heterocycles. The third kappa shape index (κ3) is 4.58. The smallest absolute Gasteiger partial charge is 0.253 e. The van der Waals surface area contributed by atoms with Crippen molar-refractivity contribution in [3.8, 4) is 0 Å². The van der Waals surface area contributed by atoms with Crippen LogP contribution in [0.25, 0.3) is 10.9 Å². The van der Waals surface area contributed by atoms with E-state index >= 15 is 0 Å². The standard InChI is InChI=1S/C25H28N6OS/c1-17-14-18(2)22-20(15-17)16-21(25(32)26-22)23(30-10-12-33-13-11-30)24-27-28-29-31(24)9-8-19-6-4-3-5-7-19/h3-7,14-16,23H,8-13H2,1-2H3,(H,26,32). The Morgan fingerprint density at radius 1 is 1.09 bits per heavy atom. The maximum atomic E-state index is 13.4. The van der Waals surface area contributed by atoms with E-state index in [1.54, 1.807) is 0 Å². The van der Waals surface area contributed by atoms with Crippen LogP contribution < -0.4 is 5.56 Å². The number of H-pyrrole nitrogens is 1. The van der Waals surface area contributed by atoms with E-state index in [0.29, 0.717) is 12.1 Å². The molecule has 2 aromatic heterocycles. The summed E-state index contributed by atoms with van der Waals surface area (Å²) < 4.78 is 1.87. The van der Waals surface area contributed by atoms with Crippen LogP contribution in [0.3, 0.4) is 0 Å². The fourth-order valence-electron chi connectivity index (χ4n) is 4.69. The molecule has 0 amide bonds. The third-order valence-electron chi connectivity index (χ3n) is 6.29. The van der Waals surface area contributed by atoms with E-state index < -0.39 is 0 Å². The monoisotopic (exact) mass is 460 g/mol. The van der Waals surface area contributed by atoms with Crippen LogP contribution in [0.4, 0.5) is 0 Å². The summed E-state index contributed by atoms with van der Waals surface area (Å²) in [6.07, 6.45) is 0.827. The lowest BCUT2D eigenvalue weighted by atomic mass is 10.0. The Morgan fingerprint density at radius 3 is 2.67 bits per heavy atom. The summed E-state index contributed by atoms with van der Waals surface area (Å²) in [5.41, 5.74) is 5.01. The van der Waals surface area contributed by atoms with Gasteiger partial charge in [0, 0.05) is 36.7 Å². The van der Waals surface area contributed by atoms with Crippen molar-refractivity contribution in [2.24, 2.45) is 0 Å². The molecular weight excluding hydrogens is 432 g/mol. The van der Waals surface area contributed by atoms with Crippen LogP contribution >= 0.6 is 11.8 Å². The summed E-state index contributed by atoms with van der Waals surface area (Å²) >= 11 is 1.94. The molecule has 170 valence electrons. The van der Waals surface area contributed by atoms with Gasteiger partial charge in [0.2, 0.25) is 0 Å². The van der Waals surface area contributed by atoms with Gasteiger partial charge in [0.25, 0.3) is 5.56 Å². The number of hydrogen-bond acceptors (Lipinski definition) is 6. The van der Waals surface area contributed by atoms with Crippen molar-refractivity contribution in [2.75, 3.05) is 24.6 Å². The molecule has 7 nitrogen and oxygen atoms in total. The van der Waals surface area contributed by atoms with Crippen molar-refractivity contribution in [2.45, 2.75) is 32.9 Å². The molecule has 1 unspecified atom stereocenters. The molecule has 2 aromatic carbocycles. The molecule has 0 bridgehead atoms. The minimum atomic E-state index is -0.286. The minimum absolute atomic E-state index is 0.0738. The first-order valence-electron chi connectivity index (χ1n) is 11.4. The average Bonchev–Trinajstić information content (AvgIpc) is 3.28. The summed E-state index contributed by atoms with van der Waals surface area (Å²) in [4.78, 5) is 18.9. The van der Waals surface area contributed by atoms with Crippen molar-refractivity contribution in [3.05, 3.63) is 87.0 Å². The number of pyridine rings is 1. The molecule has 33 heavy (non-hydrogen) atoms. The summed E-state index contributed by atoms with van der Waals surface area (Å²) in [6.45, 7) is 6.57. The van der Waals surface area contributed by atoms with Crippen LogP contribution in [0, 0.1) is 13.8 Å². The lowest BCUT2D eigenvalue weighted by molar-refractivity contribution is 0.233. The first-order chi connectivity index (χ1) is 16.1. The number of aryl methyl sites for hydroxylation is 4. The molecule has 0 saturated carbocycles. The molecule has 0 spiro atoms. The summed E-state index contributed by atoms with van der Waals surface area (Å²) in [7, 11) is 0. The molecular formula is C25H28N6OS. The second-order valence-corrected chi connectivity index (χ2v) is 9.87. The van der Waals surface area contributed by atoms with Gasteiger partial charge in [0.1, 0.15) is 6.04 Å². The number of tetrazole rings is 1. The van der Waals surface area contributed by atoms with Gasteiger partial charge >= 0.3 is 0 Å². The number of rotatable bonds is 6. The SMILES string of the molecule is Cc1cc(C)c2[nH]c(=O)c(C(c3nnnn3CCc3ccccc3)N3CCSCC3)cc2c1. The van der Waals surface area contributed by atoms with Crippen LogP contribution in [0.5, 0.6) is 0 Å². The van der Waals surface area contributed by atoms with Gasteiger partial charge < -0.3 is 4.98 Å². The van der Waals surface area contributed by atoms with Gasteiger partial charge in [-0.15, -0.1) is 5.10 Å². The number of nitrogens with zero attached hydrogens (tertiary/aromatic N) is 5. The van der Waals surface area contributed by atoms with E-state index in [9.17, 15) is 4.79 Å². The van der Waals surface area contributed by atoms with Gasteiger partial charge in [0.15, 0.2) is 5.82 Å². The molecule has 0 aliphatic carbocycles. The molecule has 1 aliphatic heterocycles. The van der Waals surface area contributed by atoms with Crippen molar-refractivity contribution in [1.29, 1.82) is 0 Å². The van der Waals surface area contributed by atoms with Gasteiger partial charge in [-0.05, 0) is 59.3 Å². The quantitative estimate of drug-likeness (QED) is 0.474. The number of thioether (sulfide) groups is 1. The van der Waals surface area contributed by atoms with Crippen molar-refractivity contribution in [3.63, 3.8) is 0 Å². The van der Waals surface area contributed by atoms with Gasteiger partial charge in [-0.1, -0.05) is 42.0 Å². The largest absolute Gasteiger partial charge is 0.321 e. The van der Waals surface area contributed by atoms with Crippen molar-refractivity contribution < 1.29 is 0 Å². The fourth-order valence-corrected chi connectivity index (χ4v) is 5.62. The average molecular weight is 461 g/mol. The topological polar surface area (TPSA) is 79.7 Å². The molecule has 4 aromatic rings. The highest BCUT2D eigenvalue weighted by Gasteiger charge is 2.31. The van der Waals surface area contributed by atoms with Crippen LogP contribution in [0.1, 0.15) is 34.1 Å². The minimum Gasteiger partial charge on any atom is -0.321 e. The van der Waals surface area contributed by atoms with E-state index in [-0.39, 0.29) is 11.6 Å². The number of hydrogen-bond donors (Lipinski definition) is 1. The van der Waals surface area contributed by atoms with Crippen LogP contribution in [-0.2, 0) is 13.0 Å². The number of aromatic nitrogens is 5. The molecule has 1 N–H and O–H groups in total. The first-order valence-corrected chi connectivity index (χ1v) is 12.5. The lowest BCUT2D eigenvalue weighted by Gasteiger charge is -2.33. The Bertz CT molecular complexity index is 1310. The van der Waals surface area contributed by atoms with Gasteiger partial charge in [-0.2, -0.15) is 11.8 Å². The number of nitrogens with one attached hydrogen (secondary N) is 1. The van der Waals surface area contributed by atoms with E-state index in [1.165, 1.54) is 11.1 Å². The molecule has 1 fully saturated rings. The first kappa shape index (κ1) is 21.9. The highest BCUT2D eigenvalue weighted by molar-refractivity contribution is 7.99. The van der Waals surface area contributed by atoms with Crippen LogP contribution in [-0.4, -0.2) is 54.7 Å². The van der Waals surface area contributed by atoms with E-state index in [4.69, 9.17) is 0 Å². The zero-order valence-corrected chi connectivity index (χ0v) is 19.8. The second-order valence-electron chi connectivity index (χ2n) is 8.65. The van der Waals surface area contributed by atoms with Crippen LogP contribution in [0.2, 0.25) is 0 Å². The maximum absolute atomic E-state index is 13.4. The zero-order valence-electron chi connectivity index (χ0n) is 19.0. The molecule has 5 rings (SSSR count). The Kier molecular flexibility index (Phi) is 6.28. The normalized spacial score (nSPS) is 15.7. The second kappa shape index (κ2) is 9.49. The highest BCUT2D eigenvalue weighted by Crippen LogP contribution is 2.29. The summed E-state index contributed by atoms with van der Waals surface area (Å²) in [5, 5.41) is 13.8. The number of fused-ring (bicyclic) bond motifs is 1. The van der Waals surface area contributed by atoms with Crippen LogP contribution in [0.15, 0.2) is 53.3 Å². The molecule has 1 aliphatic rings. The summed E-state index contributed by atoms with van der Waals surface area (Å²) in [5.74, 6) is 2.80. The molecule has 0 radical (unpaired) electrons. The van der Waals surface area contributed by atoms with E-state index in [0.717, 1.165) is 53.3 Å². The predicted molar refractivity (Wildman–Crippen MR) is 133 cm³/mol.